The fourth-order valence-corrected chi connectivity index (χ4v) is 11.7. The van der Waals surface area contributed by atoms with Crippen LogP contribution in [0.2, 0.25) is 0 Å². The molecule has 3 aliphatic carbocycles. The van der Waals surface area contributed by atoms with E-state index in [1.807, 2.05) is 20.8 Å². The third-order valence-electron chi connectivity index (χ3n) is 17.4. The number of carbonyl (C=O) groups excluding carboxylic acids is 5. The standard InChI is InChI=1S/C21H29N5O6.C16H23N5O5.C12H20O5.C11H13N5O3/c1-5-10(2)14-8-15(31-12(4)28)19(32-14)26-17-16(25(21(26)30)9-13-6-7-13)18(29)24-20(23-17)22-11(3)27;1-2-8(22)10-5-9(23)14(26-10)21-12-11(13(24)19-15(17)18-12)20(16(21)25)6-7-3-4-7;1-5-7(2)10-6-11(15-8(3)13)12(17-10)16-9(4)14;1-5(17)12-10-13-8-7(9(18)15-10)16(11(19)14-8)4-6-2-3-6/h10,13-15,19H,5-9H2,1-4H3,(H2,22,23,24,27,29);7-10,14,22-23H,2-6H2,1H3,(H3,17,18,19,24);7,10-12H,5-6H2,1-4H3;6H,2-4H2,1H3,(H3,12,13,14,15,17,18,19)/t10-,14-,15+,19+;8-,9+,10-,14+;7?,10-,11+,12?;/m000./s1. The first-order chi connectivity index (χ1) is 44.6. The van der Waals surface area contributed by atoms with Crippen LogP contribution in [0.1, 0.15) is 159 Å². The van der Waals surface area contributed by atoms with Gasteiger partial charge in [0.2, 0.25) is 35.9 Å². The number of rotatable bonds is 19. The molecule has 10 N–H and O–H groups in total. The maximum Gasteiger partial charge on any atom is 0.332 e. The number of carbonyl (C=O) groups is 5. The summed E-state index contributed by atoms with van der Waals surface area (Å²) in [5, 5.41) is 25.3. The molecule has 2 amide bonds. The summed E-state index contributed by atoms with van der Waals surface area (Å²) in [5.74, 6) is -0.538. The van der Waals surface area contributed by atoms with Gasteiger partial charge in [-0.3, -0.25) is 82.6 Å². The number of fused-ring (bicyclic) bond motifs is 3. The van der Waals surface area contributed by atoms with Gasteiger partial charge in [0.05, 0.1) is 24.4 Å². The lowest BCUT2D eigenvalue weighted by Gasteiger charge is -2.20. The van der Waals surface area contributed by atoms with Crippen molar-refractivity contribution in [1.29, 1.82) is 0 Å². The normalized spacial score (nSPS) is 24.1. The number of amides is 2. The van der Waals surface area contributed by atoms with Crippen molar-refractivity contribution in [2.45, 2.75) is 227 Å². The number of aromatic nitrogens is 12. The second-order valence-corrected chi connectivity index (χ2v) is 25.2. The molecule has 12 atom stereocenters. The molecule has 12 rings (SSSR count). The van der Waals surface area contributed by atoms with E-state index >= 15 is 0 Å². The highest BCUT2D eigenvalue weighted by atomic mass is 16.7. The first-order valence-corrected chi connectivity index (χ1v) is 32.0. The molecule has 6 fully saturated rings. The van der Waals surface area contributed by atoms with Crippen molar-refractivity contribution in [3.63, 3.8) is 0 Å². The summed E-state index contributed by atoms with van der Waals surface area (Å²) in [6.07, 6.45) is 3.14. The van der Waals surface area contributed by atoms with Crippen LogP contribution in [0.25, 0.3) is 33.5 Å². The van der Waals surface area contributed by atoms with Gasteiger partial charge < -0.3 is 44.4 Å². The van der Waals surface area contributed by atoms with Crippen LogP contribution in [0.3, 0.4) is 0 Å². The lowest BCUT2D eigenvalue weighted by atomic mass is 9.99. The van der Waals surface area contributed by atoms with Gasteiger partial charge in [0.25, 0.3) is 16.7 Å². The summed E-state index contributed by atoms with van der Waals surface area (Å²) in [6, 6.07) is 0. The average molecular weight is 1320 g/mol. The Morgan fingerprint density at radius 3 is 1.51 bits per heavy atom. The van der Waals surface area contributed by atoms with Gasteiger partial charge in [-0.1, -0.05) is 47.5 Å². The molecule has 94 heavy (non-hydrogen) atoms. The van der Waals surface area contributed by atoms with E-state index in [1.165, 1.54) is 57.5 Å². The van der Waals surface area contributed by atoms with E-state index in [4.69, 9.17) is 34.2 Å². The highest BCUT2D eigenvalue weighted by molar-refractivity contribution is 5.88. The van der Waals surface area contributed by atoms with Gasteiger partial charge in [-0.05, 0) is 74.5 Å². The number of esters is 3. The molecule has 6 aromatic heterocycles. The van der Waals surface area contributed by atoms with Crippen molar-refractivity contribution in [3.05, 3.63) is 62.5 Å². The number of H-pyrrole nitrogens is 4. The smallest absolute Gasteiger partial charge is 0.332 e. The second kappa shape index (κ2) is 29.4. The Hall–Kier alpha value is -8.60. The van der Waals surface area contributed by atoms with Crippen molar-refractivity contribution < 1.29 is 62.6 Å². The molecule has 3 saturated carbocycles. The van der Waals surface area contributed by atoms with Crippen molar-refractivity contribution in [3.8, 4) is 0 Å². The molecule has 3 saturated heterocycles. The lowest BCUT2D eigenvalue weighted by molar-refractivity contribution is -0.196. The molecule has 2 unspecified atom stereocenters. The number of aliphatic hydroxyl groups is 2. The zero-order valence-electron chi connectivity index (χ0n) is 54.3. The zero-order valence-corrected chi connectivity index (χ0v) is 54.3. The second-order valence-electron chi connectivity index (χ2n) is 25.2. The fourth-order valence-electron chi connectivity index (χ4n) is 11.7. The Labute approximate surface area is 535 Å². The van der Waals surface area contributed by atoms with Crippen molar-refractivity contribution in [1.82, 2.24) is 57.7 Å². The molecular weight excluding hydrogens is 1230 g/mol. The Morgan fingerprint density at radius 2 is 1.01 bits per heavy atom. The number of anilines is 3. The number of aromatic amines is 4. The summed E-state index contributed by atoms with van der Waals surface area (Å²) in [7, 11) is 0. The van der Waals surface area contributed by atoms with E-state index in [2.05, 4.69) is 59.4 Å². The Bertz CT molecular complexity index is 4140. The Kier molecular flexibility index (Phi) is 21.8. The number of imidazole rings is 3. The van der Waals surface area contributed by atoms with Gasteiger partial charge in [-0.25, -0.2) is 23.5 Å². The molecule has 34 nitrogen and oxygen atoms in total. The molecule has 34 heteroatoms. The Balaban J connectivity index is 0.000000152. The number of ether oxygens (including phenoxy) is 6. The maximum absolute atomic E-state index is 13.5. The molecule has 0 aromatic carbocycles. The van der Waals surface area contributed by atoms with Crippen LogP contribution < -0.4 is 50.1 Å². The minimum Gasteiger partial charge on any atom is -0.458 e. The quantitative estimate of drug-likeness (QED) is 0.0415. The molecule has 6 aliphatic rings. The zero-order chi connectivity index (χ0) is 68.3. The van der Waals surface area contributed by atoms with E-state index in [-0.39, 0.29) is 93.4 Å². The van der Waals surface area contributed by atoms with Gasteiger partial charge in [0.15, 0.2) is 52.1 Å². The number of nitrogens with one attached hydrogen (secondary N) is 6. The van der Waals surface area contributed by atoms with Crippen LogP contribution in [-0.2, 0) is 72.0 Å². The molecule has 0 radical (unpaired) electrons. The predicted octanol–water partition coefficient (Wildman–Crippen LogP) is 2.24. The number of hydrogen-bond donors (Lipinski definition) is 9. The minimum atomic E-state index is -1.02. The highest BCUT2D eigenvalue weighted by Crippen LogP contribution is 2.39. The third kappa shape index (κ3) is 16.3. The largest absolute Gasteiger partial charge is 0.458 e. The van der Waals surface area contributed by atoms with Gasteiger partial charge in [-0.15, -0.1) is 0 Å². The van der Waals surface area contributed by atoms with Crippen LogP contribution in [0.15, 0.2) is 28.8 Å². The summed E-state index contributed by atoms with van der Waals surface area (Å²) < 4.78 is 40.0. The number of aliphatic hydroxyl groups excluding tert-OH is 2. The molecule has 514 valence electrons. The summed E-state index contributed by atoms with van der Waals surface area (Å²) in [5.41, 5.74) is 3.79. The molecule has 0 spiro atoms. The molecule has 9 heterocycles. The molecule has 3 aliphatic heterocycles. The Morgan fingerprint density at radius 1 is 0.564 bits per heavy atom. The van der Waals surface area contributed by atoms with E-state index < -0.39 is 95.2 Å². The number of nitrogen functional groups attached to an aromatic ring is 1. The van der Waals surface area contributed by atoms with Gasteiger partial charge in [-0.2, -0.15) is 15.0 Å². The predicted molar refractivity (Wildman–Crippen MR) is 336 cm³/mol. The molecule has 0 bridgehead atoms. The first kappa shape index (κ1) is 69.7. The first-order valence-electron chi connectivity index (χ1n) is 32.0. The highest BCUT2D eigenvalue weighted by Gasteiger charge is 2.45. The van der Waals surface area contributed by atoms with Crippen LogP contribution in [0.5, 0.6) is 0 Å². The summed E-state index contributed by atoms with van der Waals surface area (Å²) in [6.45, 7) is 17.9. The van der Waals surface area contributed by atoms with E-state index in [0.29, 0.717) is 62.6 Å². The molecular formula is C60H85N15O19. The van der Waals surface area contributed by atoms with E-state index in [9.17, 15) is 63.0 Å². The monoisotopic (exact) mass is 1320 g/mol. The van der Waals surface area contributed by atoms with Gasteiger partial charge in [0.1, 0.15) is 12.2 Å². The van der Waals surface area contributed by atoms with Crippen LogP contribution in [0.4, 0.5) is 17.8 Å². The van der Waals surface area contributed by atoms with Gasteiger partial charge in [0, 0.05) is 73.5 Å². The number of hydrogen-bond acceptors (Lipinski definition) is 23. The van der Waals surface area contributed by atoms with Gasteiger partial charge >= 0.3 is 35.0 Å². The van der Waals surface area contributed by atoms with E-state index in [0.717, 1.165) is 51.4 Å². The minimum absolute atomic E-state index is 0.0322. The SMILES string of the molecule is CC(=O)Nc1nc2[nH]c(=O)n(CC3CC3)c2c(=O)[nH]1.CCC(C)[C@@H]1C[C@@H](OC(C)=O)C(OC(C)=O)O1.CC[C@H](C)[C@@H]1C[C@@H](OC(C)=O)[C@H](n2c(=O)n(CC3CC3)c3c(=O)[nH]c(NC(C)=O)nc32)O1.CC[C@H](O)[C@@H]1C[C@@H](O)[C@H](n2c(=O)n(CC3CC3)c3c(=O)[nH]c(N)nc32)O1. The fraction of sp³-hybridized carbons (Fsp3) is 0.667. The number of nitrogens with two attached hydrogens (primary N) is 1. The van der Waals surface area contributed by atoms with Crippen LogP contribution in [0, 0.1) is 29.6 Å². The average Bonchev–Trinajstić information content (AvgIpc) is 1.59. The topological polar surface area (TPSA) is 460 Å². The van der Waals surface area contributed by atoms with E-state index in [1.54, 1.807) is 0 Å². The molecule has 6 aromatic rings. The maximum atomic E-state index is 13.5. The number of nitrogens with zero attached hydrogens (tertiary/aromatic N) is 8. The third-order valence-corrected chi connectivity index (χ3v) is 17.4. The lowest BCUT2D eigenvalue weighted by Crippen LogP contribution is -2.34. The summed E-state index contributed by atoms with van der Waals surface area (Å²) >= 11 is 0. The van der Waals surface area contributed by atoms with Crippen molar-refractivity contribution in [2.75, 3.05) is 16.4 Å². The van der Waals surface area contributed by atoms with Crippen LogP contribution in [-0.4, -0.2) is 147 Å². The van der Waals surface area contributed by atoms with Crippen molar-refractivity contribution in [2.24, 2.45) is 29.6 Å². The van der Waals surface area contributed by atoms with Crippen molar-refractivity contribution >= 4 is 81.1 Å². The van der Waals surface area contributed by atoms with Crippen LogP contribution >= 0.6 is 0 Å². The summed E-state index contributed by atoms with van der Waals surface area (Å²) in [4.78, 5) is 154.